The number of hydrogen-bond donors (Lipinski definition) is 3. The maximum Gasteiger partial charge on any atom is 0.354 e. The van der Waals surface area contributed by atoms with Crippen molar-refractivity contribution in [3.05, 3.63) is 46.1 Å². The van der Waals surface area contributed by atoms with Gasteiger partial charge in [-0.3, -0.25) is 0 Å². The number of carboxylic acid groups (broad SMARTS) is 1. The molecule has 0 spiro atoms. The van der Waals surface area contributed by atoms with Crippen LogP contribution in [0.1, 0.15) is 16.1 Å². The van der Waals surface area contributed by atoms with Crippen LogP contribution in [0, 0.1) is 6.92 Å². The fourth-order valence-electron chi connectivity index (χ4n) is 1.55. The van der Waals surface area contributed by atoms with Crippen LogP contribution in [0.2, 0.25) is 0 Å². The number of nitrogens with one attached hydrogen (secondary N) is 1. The summed E-state index contributed by atoms with van der Waals surface area (Å²) in [4.78, 5) is 14.9. The predicted molar refractivity (Wildman–Crippen MR) is 77.8 cm³/mol. The highest BCUT2D eigenvalue weighted by atomic mass is 79.9. The molecule has 1 aromatic heterocycles. The number of carboxylic acids is 1. The highest BCUT2D eigenvalue weighted by Gasteiger charge is 2.09. The normalized spacial score (nSPS) is 10.2. The molecule has 0 aliphatic rings. The average molecular weight is 322 g/mol. The number of nitrogen functional groups attached to an aromatic ring is 1. The molecular formula is C13H12BrN3O2. The second-order valence-electron chi connectivity index (χ2n) is 4.03. The molecule has 6 heteroatoms. The van der Waals surface area contributed by atoms with Crippen LogP contribution in [-0.4, -0.2) is 16.1 Å². The van der Waals surface area contributed by atoms with Crippen molar-refractivity contribution in [2.45, 2.75) is 6.92 Å². The minimum Gasteiger partial charge on any atom is -0.477 e. The summed E-state index contributed by atoms with van der Waals surface area (Å²) in [5.41, 5.74) is 7.97. The molecule has 0 bridgehead atoms. The summed E-state index contributed by atoms with van der Waals surface area (Å²) >= 11 is 3.41. The van der Waals surface area contributed by atoms with Gasteiger partial charge in [-0.1, -0.05) is 15.9 Å². The van der Waals surface area contributed by atoms with Gasteiger partial charge in [-0.15, -0.1) is 0 Å². The number of aromatic nitrogens is 1. The van der Waals surface area contributed by atoms with Gasteiger partial charge in [0.15, 0.2) is 11.5 Å². The van der Waals surface area contributed by atoms with Gasteiger partial charge in [0.1, 0.15) is 0 Å². The molecule has 0 saturated heterocycles. The number of nitrogens with zero attached hydrogens (tertiary/aromatic N) is 1. The fraction of sp³-hybridized carbons (Fsp3) is 0.0769. The molecule has 2 rings (SSSR count). The van der Waals surface area contributed by atoms with Crippen LogP contribution in [0.25, 0.3) is 0 Å². The van der Waals surface area contributed by atoms with Crippen molar-refractivity contribution in [3.63, 3.8) is 0 Å². The Morgan fingerprint density at radius 3 is 2.74 bits per heavy atom. The monoisotopic (exact) mass is 321 g/mol. The van der Waals surface area contributed by atoms with Gasteiger partial charge < -0.3 is 16.2 Å². The minimum atomic E-state index is -1.09. The van der Waals surface area contributed by atoms with Crippen LogP contribution in [0.4, 0.5) is 17.2 Å². The number of nitrogens with two attached hydrogens (primary N) is 1. The minimum absolute atomic E-state index is 0.0504. The Morgan fingerprint density at radius 2 is 2.11 bits per heavy atom. The summed E-state index contributed by atoms with van der Waals surface area (Å²) < 4.78 is 0.998. The lowest BCUT2D eigenvalue weighted by Gasteiger charge is -2.10. The summed E-state index contributed by atoms with van der Waals surface area (Å²) in [6, 6.07) is 8.55. The van der Waals surface area contributed by atoms with Crippen LogP contribution >= 0.6 is 15.9 Å². The third kappa shape index (κ3) is 3.03. The van der Waals surface area contributed by atoms with Crippen molar-refractivity contribution >= 4 is 39.1 Å². The summed E-state index contributed by atoms with van der Waals surface area (Å²) in [5.74, 6) is -0.753. The molecule has 0 saturated carbocycles. The third-order valence-electron chi connectivity index (χ3n) is 2.57. The predicted octanol–water partition coefficient (Wildman–Crippen LogP) is 3.18. The lowest BCUT2D eigenvalue weighted by atomic mass is 10.2. The topological polar surface area (TPSA) is 88.2 Å². The molecule has 2 aromatic rings. The zero-order chi connectivity index (χ0) is 14.0. The molecule has 98 valence electrons. The van der Waals surface area contributed by atoms with E-state index in [-0.39, 0.29) is 5.69 Å². The first kappa shape index (κ1) is 13.4. The van der Waals surface area contributed by atoms with E-state index in [2.05, 4.69) is 26.2 Å². The number of benzene rings is 1. The molecular weight excluding hydrogens is 310 g/mol. The van der Waals surface area contributed by atoms with Gasteiger partial charge in [0.05, 0.1) is 5.69 Å². The lowest BCUT2D eigenvalue weighted by Crippen LogP contribution is -2.05. The molecule has 19 heavy (non-hydrogen) atoms. The maximum atomic E-state index is 10.9. The number of pyridine rings is 1. The van der Waals surface area contributed by atoms with Crippen molar-refractivity contribution in [2.24, 2.45) is 0 Å². The first-order valence-corrected chi connectivity index (χ1v) is 6.29. The molecule has 0 atom stereocenters. The largest absolute Gasteiger partial charge is 0.477 e. The van der Waals surface area contributed by atoms with Crippen LogP contribution in [0.5, 0.6) is 0 Å². The zero-order valence-corrected chi connectivity index (χ0v) is 11.7. The van der Waals surface area contributed by atoms with Gasteiger partial charge in [0.25, 0.3) is 0 Å². The van der Waals surface area contributed by atoms with Crippen LogP contribution in [0.3, 0.4) is 0 Å². The Morgan fingerprint density at radius 1 is 1.37 bits per heavy atom. The smallest absolute Gasteiger partial charge is 0.354 e. The van der Waals surface area contributed by atoms with Crippen molar-refractivity contribution < 1.29 is 9.90 Å². The second kappa shape index (κ2) is 5.27. The van der Waals surface area contributed by atoms with E-state index in [0.29, 0.717) is 11.5 Å². The van der Waals surface area contributed by atoms with E-state index in [1.165, 1.54) is 12.1 Å². The molecule has 1 heterocycles. The Balaban J connectivity index is 2.34. The SMILES string of the molecule is Cc1cc(Nc2nc(C(=O)O)ccc2N)ccc1Br. The molecule has 0 aliphatic carbocycles. The fourth-order valence-corrected chi connectivity index (χ4v) is 1.79. The summed E-state index contributed by atoms with van der Waals surface area (Å²) in [6.45, 7) is 1.96. The Kier molecular flexibility index (Phi) is 3.71. The van der Waals surface area contributed by atoms with Gasteiger partial charge in [-0.25, -0.2) is 9.78 Å². The van der Waals surface area contributed by atoms with Gasteiger partial charge in [0.2, 0.25) is 0 Å². The summed E-state index contributed by atoms with van der Waals surface area (Å²) in [5, 5.41) is 11.9. The van der Waals surface area contributed by atoms with Crippen molar-refractivity contribution in [2.75, 3.05) is 11.1 Å². The van der Waals surface area contributed by atoms with E-state index >= 15 is 0 Å². The molecule has 0 amide bonds. The summed E-state index contributed by atoms with van der Waals surface area (Å²) in [6.07, 6.45) is 0. The average Bonchev–Trinajstić information content (AvgIpc) is 2.36. The lowest BCUT2D eigenvalue weighted by molar-refractivity contribution is 0.0690. The van der Waals surface area contributed by atoms with Crippen molar-refractivity contribution in [1.82, 2.24) is 4.98 Å². The number of aryl methyl sites for hydroxylation is 1. The van der Waals surface area contributed by atoms with E-state index in [0.717, 1.165) is 15.7 Å². The molecule has 4 N–H and O–H groups in total. The van der Waals surface area contributed by atoms with E-state index < -0.39 is 5.97 Å². The Labute approximate surface area is 118 Å². The first-order chi connectivity index (χ1) is 8.97. The second-order valence-corrected chi connectivity index (χ2v) is 4.88. The molecule has 0 radical (unpaired) electrons. The van der Waals surface area contributed by atoms with Gasteiger partial charge in [0, 0.05) is 10.2 Å². The number of hydrogen-bond acceptors (Lipinski definition) is 4. The van der Waals surface area contributed by atoms with Crippen LogP contribution in [-0.2, 0) is 0 Å². The van der Waals surface area contributed by atoms with Gasteiger partial charge in [-0.2, -0.15) is 0 Å². The van der Waals surface area contributed by atoms with Gasteiger partial charge >= 0.3 is 5.97 Å². The third-order valence-corrected chi connectivity index (χ3v) is 3.46. The van der Waals surface area contributed by atoms with E-state index in [9.17, 15) is 4.79 Å². The van der Waals surface area contributed by atoms with Crippen LogP contribution in [0.15, 0.2) is 34.8 Å². The zero-order valence-electron chi connectivity index (χ0n) is 10.1. The highest BCUT2D eigenvalue weighted by Crippen LogP contribution is 2.25. The Bertz CT molecular complexity index is 644. The molecule has 1 aromatic carbocycles. The van der Waals surface area contributed by atoms with Crippen molar-refractivity contribution in [1.29, 1.82) is 0 Å². The molecule has 0 fully saturated rings. The number of carbonyl (C=O) groups is 1. The standard InChI is InChI=1S/C13H12BrN3O2/c1-7-6-8(2-3-9(7)14)16-12-10(15)4-5-11(17-12)13(18)19/h2-6H,15H2,1H3,(H,16,17)(H,18,19). The molecule has 0 aliphatic heterocycles. The van der Waals surface area contributed by atoms with E-state index in [1.54, 1.807) is 0 Å². The Hall–Kier alpha value is -2.08. The van der Waals surface area contributed by atoms with Crippen LogP contribution < -0.4 is 11.1 Å². The number of halogens is 1. The molecule has 5 nitrogen and oxygen atoms in total. The quantitative estimate of drug-likeness (QED) is 0.808. The van der Waals surface area contributed by atoms with E-state index in [4.69, 9.17) is 10.8 Å². The van der Waals surface area contributed by atoms with E-state index in [1.807, 2.05) is 25.1 Å². The van der Waals surface area contributed by atoms with Crippen molar-refractivity contribution in [3.8, 4) is 0 Å². The molecule has 0 unspecified atom stereocenters. The number of anilines is 3. The number of rotatable bonds is 3. The first-order valence-electron chi connectivity index (χ1n) is 5.50. The van der Waals surface area contributed by atoms with Gasteiger partial charge in [-0.05, 0) is 42.8 Å². The maximum absolute atomic E-state index is 10.9. The highest BCUT2D eigenvalue weighted by molar-refractivity contribution is 9.10. The number of aromatic carboxylic acids is 1. The summed E-state index contributed by atoms with van der Waals surface area (Å²) in [7, 11) is 0.